The van der Waals surface area contributed by atoms with Crippen molar-refractivity contribution in [2.75, 3.05) is 13.1 Å². The van der Waals surface area contributed by atoms with Crippen molar-refractivity contribution in [2.45, 2.75) is 32.4 Å². The summed E-state index contributed by atoms with van der Waals surface area (Å²) in [6.07, 6.45) is 1.24. The smallest absolute Gasteiger partial charge is 0.0416 e. The molecule has 3 heteroatoms. The second kappa shape index (κ2) is 5.23. The van der Waals surface area contributed by atoms with E-state index < -0.39 is 0 Å². The largest absolute Gasteiger partial charge is 0.330 e. The molecule has 1 aromatic heterocycles. The molecule has 19 heavy (non-hydrogen) atoms. The Balaban J connectivity index is 1.85. The molecular formula is C16H22N2S. The highest BCUT2D eigenvalue weighted by atomic mass is 32.1. The summed E-state index contributed by atoms with van der Waals surface area (Å²) in [5.74, 6) is 0.673. The zero-order chi connectivity index (χ0) is 13.4. The third-order valence-corrected chi connectivity index (χ3v) is 5.68. The van der Waals surface area contributed by atoms with E-state index in [1.807, 2.05) is 11.3 Å². The summed E-state index contributed by atoms with van der Waals surface area (Å²) in [6.45, 7) is 6.63. The molecular weight excluding hydrogens is 252 g/mol. The predicted molar refractivity (Wildman–Crippen MR) is 83.6 cm³/mol. The number of thiophene rings is 1. The van der Waals surface area contributed by atoms with Gasteiger partial charge in [-0.05, 0) is 50.2 Å². The summed E-state index contributed by atoms with van der Waals surface area (Å²) in [5, 5.41) is 1.37. The lowest BCUT2D eigenvalue weighted by Gasteiger charge is -2.27. The molecule has 3 rings (SSSR count). The van der Waals surface area contributed by atoms with E-state index in [2.05, 4.69) is 49.1 Å². The SMILES string of the molecule is CC1CC(CN)CN1C(C)c1cc2ccccc2s1. The van der Waals surface area contributed by atoms with Crippen LogP contribution in [0, 0.1) is 5.92 Å². The van der Waals surface area contributed by atoms with E-state index in [1.165, 1.54) is 21.4 Å². The molecule has 1 fully saturated rings. The fourth-order valence-corrected chi connectivity index (χ4v) is 4.39. The molecule has 0 amide bonds. The molecule has 1 aliphatic rings. The van der Waals surface area contributed by atoms with Gasteiger partial charge in [-0.15, -0.1) is 11.3 Å². The summed E-state index contributed by atoms with van der Waals surface area (Å²) >= 11 is 1.93. The zero-order valence-corrected chi connectivity index (χ0v) is 12.5. The van der Waals surface area contributed by atoms with E-state index in [0.717, 1.165) is 13.1 Å². The maximum absolute atomic E-state index is 5.83. The number of likely N-dealkylation sites (tertiary alicyclic amines) is 1. The second-order valence-corrected chi connectivity index (χ2v) is 6.86. The first-order valence-electron chi connectivity index (χ1n) is 7.13. The van der Waals surface area contributed by atoms with Crippen LogP contribution in [0.25, 0.3) is 10.1 Å². The number of hydrogen-bond donors (Lipinski definition) is 1. The Kier molecular flexibility index (Phi) is 3.61. The van der Waals surface area contributed by atoms with Crippen LogP contribution in [0.2, 0.25) is 0 Å². The Bertz CT molecular complexity index is 530. The highest BCUT2D eigenvalue weighted by Crippen LogP contribution is 2.36. The van der Waals surface area contributed by atoms with Crippen molar-refractivity contribution in [1.29, 1.82) is 0 Å². The van der Waals surface area contributed by atoms with Gasteiger partial charge in [0.1, 0.15) is 0 Å². The lowest BCUT2D eigenvalue weighted by molar-refractivity contribution is 0.203. The van der Waals surface area contributed by atoms with Crippen LogP contribution < -0.4 is 5.73 Å². The standard InChI is InChI=1S/C16H22N2S/c1-11-7-13(9-17)10-18(11)12(2)16-8-14-5-3-4-6-15(14)19-16/h3-6,8,11-13H,7,9-10,17H2,1-2H3. The molecule has 2 heterocycles. The van der Waals surface area contributed by atoms with Gasteiger partial charge in [-0.25, -0.2) is 0 Å². The van der Waals surface area contributed by atoms with Crippen LogP contribution >= 0.6 is 11.3 Å². The molecule has 2 aromatic rings. The van der Waals surface area contributed by atoms with Crippen molar-refractivity contribution < 1.29 is 0 Å². The van der Waals surface area contributed by atoms with Crippen molar-refractivity contribution in [3.63, 3.8) is 0 Å². The lowest BCUT2D eigenvalue weighted by Crippen LogP contribution is -2.30. The highest BCUT2D eigenvalue weighted by Gasteiger charge is 2.32. The topological polar surface area (TPSA) is 29.3 Å². The Hall–Kier alpha value is -0.900. The van der Waals surface area contributed by atoms with Crippen molar-refractivity contribution in [3.8, 4) is 0 Å². The molecule has 3 atom stereocenters. The number of nitrogens with two attached hydrogens (primary N) is 1. The van der Waals surface area contributed by atoms with Gasteiger partial charge in [0.05, 0.1) is 0 Å². The number of rotatable bonds is 3. The minimum atomic E-state index is 0.504. The maximum atomic E-state index is 5.83. The average molecular weight is 274 g/mol. The van der Waals surface area contributed by atoms with Crippen molar-refractivity contribution in [1.82, 2.24) is 4.90 Å². The van der Waals surface area contributed by atoms with E-state index in [4.69, 9.17) is 5.73 Å². The molecule has 1 aliphatic heterocycles. The minimum absolute atomic E-state index is 0.504. The molecule has 0 spiro atoms. The van der Waals surface area contributed by atoms with E-state index in [0.29, 0.717) is 18.0 Å². The first-order chi connectivity index (χ1) is 9.19. The minimum Gasteiger partial charge on any atom is -0.330 e. The van der Waals surface area contributed by atoms with E-state index >= 15 is 0 Å². The third-order valence-electron chi connectivity index (χ3n) is 4.40. The van der Waals surface area contributed by atoms with E-state index in [1.54, 1.807) is 0 Å². The Labute approximate surface area is 119 Å². The monoisotopic (exact) mass is 274 g/mol. The van der Waals surface area contributed by atoms with Crippen LogP contribution in [0.5, 0.6) is 0 Å². The van der Waals surface area contributed by atoms with Crippen LogP contribution in [0.15, 0.2) is 30.3 Å². The normalized spacial score (nSPS) is 26.1. The fourth-order valence-electron chi connectivity index (χ4n) is 3.25. The number of hydrogen-bond acceptors (Lipinski definition) is 3. The zero-order valence-electron chi connectivity index (χ0n) is 11.7. The first kappa shape index (κ1) is 13.1. The van der Waals surface area contributed by atoms with Gasteiger partial charge in [0.2, 0.25) is 0 Å². The molecule has 2 nitrogen and oxygen atoms in total. The molecule has 102 valence electrons. The number of benzene rings is 1. The van der Waals surface area contributed by atoms with Gasteiger partial charge < -0.3 is 5.73 Å². The first-order valence-corrected chi connectivity index (χ1v) is 7.95. The van der Waals surface area contributed by atoms with Crippen LogP contribution in [0.1, 0.15) is 31.2 Å². The van der Waals surface area contributed by atoms with Gasteiger partial charge in [-0.2, -0.15) is 0 Å². The summed E-state index contributed by atoms with van der Waals surface area (Å²) < 4.78 is 1.39. The van der Waals surface area contributed by atoms with Crippen LogP contribution in [-0.2, 0) is 0 Å². The van der Waals surface area contributed by atoms with Crippen LogP contribution in [0.3, 0.4) is 0 Å². The van der Waals surface area contributed by atoms with Gasteiger partial charge in [0.15, 0.2) is 0 Å². The van der Waals surface area contributed by atoms with Gasteiger partial charge in [0, 0.05) is 28.2 Å². The number of nitrogens with zero attached hydrogens (tertiary/aromatic N) is 1. The van der Waals surface area contributed by atoms with E-state index in [-0.39, 0.29) is 0 Å². The molecule has 0 bridgehead atoms. The molecule has 0 radical (unpaired) electrons. The molecule has 0 saturated carbocycles. The quantitative estimate of drug-likeness (QED) is 0.926. The van der Waals surface area contributed by atoms with Gasteiger partial charge >= 0.3 is 0 Å². The molecule has 2 N–H and O–H groups in total. The van der Waals surface area contributed by atoms with Crippen molar-refractivity contribution in [3.05, 3.63) is 35.2 Å². The average Bonchev–Trinajstić information content (AvgIpc) is 3.01. The van der Waals surface area contributed by atoms with E-state index in [9.17, 15) is 0 Å². The molecule has 1 aromatic carbocycles. The third kappa shape index (κ3) is 2.42. The van der Waals surface area contributed by atoms with Crippen LogP contribution in [0.4, 0.5) is 0 Å². The van der Waals surface area contributed by atoms with Crippen molar-refractivity contribution >= 4 is 21.4 Å². The summed E-state index contributed by atoms with van der Waals surface area (Å²) in [5.41, 5.74) is 5.83. The van der Waals surface area contributed by atoms with Gasteiger partial charge in [-0.3, -0.25) is 4.90 Å². The summed E-state index contributed by atoms with van der Waals surface area (Å²) in [7, 11) is 0. The molecule has 3 unspecified atom stereocenters. The summed E-state index contributed by atoms with van der Waals surface area (Å²) in [6, 6.07) is 12.2. The Morgan fingerprint density at radius 2 is 2.21 bits per heavy atom. The van der Waals surface area contributed by atoms with Gasteiger partial charge in [-0.1, -0.05) is 18.2 Å². The van der Waals surface area contributed by atoms with Gasteiger partial charge in [0.25, 0.3) is 0 Å². The van der Waals surface area contributed by atoms with Crippen molar-refractivity contribution in [2.24, 2.45) is 11.7 Å². The Morgan fingerprint density at radius 3 is 2.89 bits per heavy atom. The fraction of sp³-hybridized carbons (Fsp3) is 0.500. The predicted octanol–water partition coefficient (Wildman–Crippen LogP) is 3.63. The molecule has 1 saturated heterocycles. The lowest BCUT2D eigenvalue weighted by atomic mass is 10.1. The maximum Gasteiger partial charge on any atom is 0.0416 e. The Morgan fingerprint density at radius 1 is 1.42 bits per heavy atom. The van der Waals surface area contributed by atoms with Crippen LogP contribution in [-0.4, -0.2) is 24.0 Å². The number of fused-ring (bicyclic) bond motifs is 1. The summed E-state index contributed by atoms with van der Waals surface area (Å²) in [4.78, 5) is 4.09. The highest BCUT2D eigenvalue weighted by molar-refractivity contribution is 7.19. The second-order valence-electron chi connectivity index (χ2n) is 5.75. The molecule has 0 aliphatic carbocycles.